The van der Waals surface area contributed by atoms with Gasteiger partial charge in [0.15, 0.2) is 0 Å². The van der Waals surface area contributed by atoms with E-state index in [4.69, 9.17) is 4.52 Å². The van der Waals surface area contributed by atoms with Crippen LogP contribution in [0.5, 0.6) is 0 Å². The maximum Gasteiger partial charge on any atom is 0.367 e. The molecule has 0 bridgehead atoms. The van der Waals surface area contributed by atoms with Gasteiger partial charge in [0, 0.05) is 0 Å². The summed E-state index contributed by atoms with van der Waals surface area (Å²) >= 11 is 0. The normalized spacial score (nSPS) is 16.7. The Morgan fingerprint density at radius 3 is 2.24 bits per heavy atom. The first-order valence-corrected chi connectivity index (χ1v) is 8.69. The Kier molecular flexibility index (Phi) is 10.2. The molecule has 2 unspecified atom stereocenters. The molecule has 2 atom stereocenters. The molecule has 4 heteroatoms. The number of hydrogen-bond donors (Lipinski definition) is 0. The van der Waals surface area contributed by atoms with Crippen molar-refractivity contribution in [2.75, 3.05) is 6.16 Å². The summed E-state index contributed by atoms with van der Waals surface area (Å²) in [6.07, 6.45) is 8.48. The van der Waals surface area contributed by atoms with Crippen LogP contribution < -0.4 is 0 Å². The van der Waals surface area contributed by atoms with Crippen LogP contribution in [-0.2, 0) is 9.09 Å². The Morgan fingerprint density at radius 1 is 1.06 bits per heavy atom. The summed E-state index contributed by atoms with van der Waals surface area (Å²) in [5.74, 6) is 0. The second-order valence-corrected chi connectivity index (χ2v) is 6.62. The molecule has 0 radical (unpaired) electrons. The van der Waals surface area contributed by atoms with Crippen molar-refractivity contribution in [2.24, 2.45) is 0 Å². The summed E-state index contributed by atoms with van der Waals surface area (Å²) in [7, 11) is -3.81. The lowest BCUT2D eigenvalue weighted by atomic mass is 10.1. The maximum atomic E-state index is 13.4. The zero-order chi connectivity index (χ0) is 13.1. The molecule has 0 aliphatic carbocycles. The minimum atomic E-state index is -3.81. The van der Waals surface area contributed by atoms with Crippen molar-refractivity contribution >= 4 is 7.68 Å². The van der Waals surface area contributed by atoms with Gasteiger partial charge in [-0.1, -0.05) is 52.4 Å². The highest BCUT2D eigenvalue weighted by Crippen LogP contribution is 2.50. The molecule has 0 fully saturated rings. The van der Waals surface area contributed by atoms with E-state index in [9.17, 15) is 8.76 Å². The number of unbranched alkanes of at least 4 members (excludes halogenated alkanes) is 5. The van der Waals surface area contributed by atoms with Gasteiger partial charge >= 0.3 is 7.68 Å². The Balaban J connectivity index is 3.52. The van der Waals surface area contributed by atoms with E-state index in [1.54, 1.807) is 0 Å². The largest absolute Gasteiger partial charge is 0.367 e. The van der Waals surface area contributed by atoms with Crippen LogP contribution in [0.15, 0.2) is 0 Å². The number of hydrogen-bond acceptors (Lipinski definition) is 2. The Labute approximate surface area is 106 Å². The van der Waals surface area contributed by atoms with E-state index in [1.165, 1.54) is 25.7 Å². The first-order chi connectivity index (χ1) is 8.02. The molecule has 0 amide bonds. The highest BCUT2D eigenvalue weighted by atomic mass is 31.2. The average Bonchev–Trinajstić information content (AvgIpc) is 2.22. The fourth-order valence-corrected chi connectivity index (χ4v) is 3.14. The van der Waals surface area contributed by atoms with Gasteiger partial charge in [0.05, 0.1) is 12.3 Å². The van der Waals surface area contributed by atoms with Gasteiger partial charge in [0.1, 0.15) is 0 Å². The fraction of sp³-hybridized carbons (Fsp3) is 1.00. The summed E-state index contributed by atoms with van der Waals surface area (Å²) in [5, 5.41) is 0. The Hall–Kier alpha value is 0.120. The SMILES string of the molecule is CCCCCCCCC(C)OP(=O)(F)CCC. The van der Waals surface area contributed by atoms with E-state index in [0.717, 1.165) is 19.3 Å². The quantitative estimate of drug-likeness (QED) is 0.353. The van der Waals surface area contributed by atoms with E-state index in [-0.39, 0.29) is 12.3 Å². The van der Waals surface area contributed by atoms with Gasteiger partial charge in [0.2, 0.25) is 0 Å². The highest BCUT2D eigenvalue weighted by Gasteiger charge is 2.23. The summed E-state index contributed by atoms with van der Waals surface area (Å²) < 4.78 is 29.7. The molecule has 0 aromatic heterocycles. The van der Waals surface area contributed by atoms with Crippen LogP contribution in [0.4, 0.5) is 4.20 Å². The lowest BCUT2D eigenvalue weighted by Crippen LogP contribution is -2.06. The topological polar surface area (TPSA) is 26.3 Å². The third-order valence-corrected chi connectivity index (χ3v) is 4.45. The van der Waals surface area contributed by atoms with Crippen molar-refractivity contribution in [1.29, 1.82) is 0 Å². The van der Waals surface area contributed by atoms with Crippen LogP contribution >= 0.6 is 7.68 Å². The van der Waals surface area contributed by atoms with Crippen LogP contribution in [0.25, 0.3) is 0 Å². The molecule has 0 heterocycles. The molecule has 104 valence electrons. The van der Waals surface area contributed by atoms with E-state index in [2.05, 4.69) is 6.92 Å². The van der Waals surface area contributed by atoms with Crippen molar-refractivity contribution in [3.63, 3.8) is 0 Å². The molecule has 0 aromatic rings. The van der Waals surface area contributed by atoms with Crippen LogP contribution in [0, 0.1) is 0 Å². The Morgan fingerprint density at radius 2 is 1.65 bits per heavy atom. The number of rotatable bonds is 11. The summed E-state index contributed by atoms with van der Waals surface area (Å²) in [6.45, 7) is 5.82. The standard InChI is InChI=1S/C13H28FO2P/c1-4-6-7-8-9-10-11-13(3)16-17(14,15)12-5-2/h13H,4-12H2,1-3H3. The predicted octanol–water partition coefficient (Wildman–Crippen LogP) is 5.71. The van der Waals surface area contributed by atoms with Gasteiger partial charge in [-0.15, -0.1) is 0 Å². The Bertz CT molecular complexity index is 221. The smallest absolute Gasteiger partial charge is 0.302 e. The molecule has 0 aromatic carbocycles. The van der Waals surface area contributed by atoms with E-state index >= 15 is 0 Å². The van der Waals surface area contributed by atoms with Gasteiger partial charge in [-0.2, -0.15) is 4.20 Å². The summed E-state index contributed by atoms with van der Waals surface area (Å²) in [6, 6.07) is 0. The molecule has 0 saturated heterocycles. The van der Waals surface area contributed by atoms with Crippen molar-refractivity contribution in [3.05, 3.63) is 0 Å². The third kappa shape index (κ3) is 11.0. The van der Waals surface area contributed by atoms with Crippen LogP contribution in [-0.4, -0.2) is 12.3 Å². The molecule has 0 N–H and O–H groups in total. The predicted molar refractivity (Wildman–Crippen MR) is 72.4 cm³/mol. The molecule has 0 aliphatic heterocycles. The second kappa shape index (κ2) is 10.1. The zero-order valence-corrected chi connectivity index (χ0v) is 12.5. The molecular formula is C13H28FO2P. The van der Waals surface area contributed by atoms with Crippen LogP contribution in [0.1, 0.15) is 72.1 Å². The van der Waals surface area contributed by atoms with Gasteiger partial charge < -0.3 is 4.52 Å². The highest BCUT2D eigenvalue weighted by molar-refractivity contribution is 7.53. The van der Waals surface area contributed by atoms with Crippen LogP contribution in [0.3, 0.4) is 0 Å². The zero-order valence-electron chi connectivity index (χ0n) is 11.6. The molecule has 0 rings (SSSR count). The van der Waals surface area contributed by atoms with E-state index in [1.807, 2.05) is 13.8 Å². The molecule has 0 aliphatic rings. The first-order valence-electron chi connectivity index (χ1n) is 6.99. The lowest BCUT2D eigenvalue weighted by molar-refractivity contribution is 0.192. The fourth-order valence-electron chi connectivity index (χ4n) is 1.85. The minimum absolute atomic E-state index is 0.0494. The maximum absolute atomic E-state index is 13.4. The van der Waals surface area contributed by atoms with Gasteiger partial charge in [-0.3, -0.25) is 4.57 Å². The molecular weight excluding hydrogens is 238 g/mol. The van der Waals surface area contributed by atoms with Crippen molar-refractivity contribution in [1.82, 2.24) is 0 Å². The van der Waals surface area contributed by atoms with Crippen molar-refractivity contribution in [3.8, 4) is 0 Å². The minimum Gasteiger partial charge on any atom is -0.302 e. The summed E-state index contributed by atoms with van der Waals surface area (Å²) in [5.41, 5.74) is 0. The third-order valence-electron chi connectivity index (χ3n) is 2.79. The van der Waals surface area contributed by atoms with E-state index in [0.29, 0.717) is 6.42 Å². The van der Waals surface area contributed by atoms with Gasteiger partial charge in [-0.25, -0.2) is 0 Å². The first kappa shape index (κ1) is 17.1. The monoisotopic (exact) mass is 266 g/mol. The molecule has 2 nitrogen and oxygen atoms in total. The second-order valence-electron chi connectivity index (χ2n) is 4.79. The molecule has 0 spiro atoms. The van der Waals surface area contributed by atoms with Crippen molar-refractivity contribution < 1.29 is 13.3 Å². The number of halogens is 1. The molecule has 17 heavy (non-hydrogen) atoms. The van der Waals surface area contributed by atoms with Crippen molar-refractivity contribution in [2.45, 2.75) is 78.2 Å². The van der Waals surface area contributed by atoms with E-state index < -0.39 is 7.68 Å². The average molecular weight is 266 g/mol. The summed E-state index contributed by atoms with van der Waals surface area (Å²) in [4.78, 5) is 0. The molecule has 0 saturated carbocycles. The van der Waals surface area contributed by atoms with Crippen LogP contribution in [0.2, 0.25) is 0 Å². The van der Waals surface area contributed by atoms with Gasteiger partial charge in [-0.05, 0) is 19.8 Å². The lowest BCUT2D eigenvalue weighted by Gasteiger charge is -2.15. The van der Waals surface area contributed by atoms with Gasteiger partial charge in [0.25, 0.3) is 0 Å².